The van der Waals surface area contributed by atoms with Crippen molar-refractivity contribution in [3.8, 4) is 0 Å². The Morgan fingerprint density at radius 3 is 2.55 bits per heavy atom. The van der Waals surface area contributed by atoms with Crippen molar-refractivity contribution in [2.75, 3.05) is 11.8 Å². The lowest BCUT2D eigenvalue weighted by molar-refractivity contribution is 0.0599. The van der Waals surface area contributed by atoms with Crippen molar-refractivity contribution in [3.63, 3.8) is 0 Å². The van der Waals surface area contributed by atoms with Gasteiger partial charge in [0.2, 0.25) is 0 Å². The number of ether oxygens (including phenoxy) is 1. The molecule has 0 saturated carbocycles. The fourth-order valence-corrected chi connectivity index (χ4v) is 3.44. The maximum atomic E-state index is 12.4. The normalized spacial score (nSPS) is 11.0. The van der Waals surface area contributed by atoms with Gasteiger partial charge in [0, 0.05) is 4.47 Å². The van der Waals surface area contributed by atoms with Crippen molar-refractivity contribution >= 4 is 49.2 Å². The van der Waals surface area contributed by atoms with E-state index in [1.165, 1.54) is 25.3 Å². The number of methoxy groups -OCH3 is 1. The Kier molecular flexibility index (Phi) is 5.10. The van der Waals surface area contributed by atoms with E-state index in [0.29, 0.717) is 4.47 Å². The highest BCUT2D eigenvalue weighted by Gasteiger charge is 2.19. The minimum absolute atomic E-state index is 0.0731. The highest BCUT2D eigenvalue weighted by atomic mass is 79.9. The first-order chi connectivity index (χ1) is 10.3. The van der Waals surface area contributed by atoms with Gasteiger partial charge in [-0.25, -0.2) is 13.2 Å². The molecule has 0 fully saturated rings. The van der Waals surface area contributed by atoms with Gasteiger partial charge in [-0.3, -0.25) is 4.72 Å². The van der Waals surface area contributed by atoms with E-state index in [9.17, 15) is 13.2 Å². The molecule has 116 valence electrons. The Balaban J connectivity index is 2.42. The first kappa shape index (κ1) is 16.8. The van der Waals surface area contributed by atoms with Crippen molar-refractivity contribution in [2.45, 2.75) is 4.90 Å². The molecule has 5 nitrogen and oxygen atoms in total. The molecular weight excluding hydrogens is 394 g/mol. The molecule has 8 heteroatoms. The van der Waals surface area contributed by atoms with E-state index in [4.69, 9.17) is 11.6 Å². The molecule has 0 aromatic heterocycles. The van der Waals surface area contributed by atoms with Crippen LogP contribution in [0.25, 0.3) is 0 Å². The third kappa shape index (κ3) is 3.60. The van der Waals surface area contributed by atoms with Crippen LogP contribution in [0.4, 0.5) is 5.69 Å². The predicted molar refractivity (Wildman–Crippen MR) is 87.7 cm³/mol. The van der Waals surface area contributed by atoms with E-state index in [1.54, 1.807) is 24.3 Å². The van der Waals surface area contributed by atoms with Gasteiger partial charge >= 0.3 is 5.97 Å². The van der Waals surface area contributed by atoms with Crippen LogP contribution in [0, 0.1) is 0 Å². The molecule has 2 aromatic carbocycles. The number of anilines is 1. The number of benzene rings is 2. The summed E-state index contributed by atoms with van der Waals surface area (Å²) in [6, 6.07) is 10.5. The molecule has 0 spiro atoms. The molecule has 0 bridgehead atoms. The van der Waals surface area contributed by atoms with Gasteiger partial charge < -0.3 is 4.74 Å². The molecule has 1 N–H and O–H groups in total. The first-order valence-electron chi connectivity index (χ1n) is 6.00. The maximum absolute atomic E-state index is 12.4. The number of para-hydroxylation sites is 1. The predicted octanol–water partition coefficient (Wildman–Crippen LogP) is 3.69. The first-order valence-corrected chi connectivity index (χ1v) is 8.66. The number of halogens is 2. The topological polar surface area (TPSA) is 72.5 Å². The molecule has 0 aliphatic rings. The summed E-state index contributed by atoms with van der Waals surface area (Å²) in [6.45, 7) is 0. The van der Waals surface area contributed by atoms with Gasteiger partial charge in [0.25, 0.3) is 10.0 Å². The number of rotatable bonds is 4. The highest BCUT2D eigenvalue weighted by molar-refractivity contribution is 9.10. The highest BCUT2D eigenvalue weighted by Crippen LogP contribution is 2.26. The minimum Gasteiger partial charge on any atom is -0.465 e. The summed E-state index contributed by atoms with van der Waals surface area (Å²) in [5, 5.41) is 0.274. The molecule has 0 heterocycles. The lowest BCUT2D eigenvalue weighted by Crippen LogP contribution is -2.14. The van der Waals surface area contributed by atoms with E-state index < -0.39 is 16.0 Å². The summed E-state index contributed by atoms with van der Waals surface area (Å²) in [7, 11) is -2.66. The number of esters is 1. The van der Waals surface area contributed by atoms with Crippen LogP contribution in [0.5, 0.6) is 0 Å². The molecule has 22 heavy (non-hydrogen) atoms. The third-order valence-electron chi connectivity index (χ3n) is 2.77. The number of nitrogens with one attached hydrogen (secondary N) is 1. The quantitative estimate of drug-likeness (QED) is 0.789. The Bertz CT molecular complexity index is 823. The second kappa shape index (κ2) is 6.68. The number of sulfonamides is 1. The fraction of sp³-hybridized carbons (Fsp3) is 0.0714. The Labute approximate surface area is 141 Å². The van der Waals surface area contributed by atoms with Crippen LogP contribution in [0.1, 0.15) is 10.4 Å². The smallest absolute Gasteiger partial charge is 0.339 e. The van der Waals surface area contributed by atoms with Crippen molar-refractivity contribution in [1.29, 1.82) is 0 Å². The van der Waals surface area contributed by atoms with Crippen molar-refractivity contribution in [2.24, 2.45) is 0 Å². The molecule has 0 unspecified atom stereocenters. The van der Waals surface area contributed by atoms with Crippen LogP contribution in [0.15, 0.2) is 51.8 Å². The number of hydrogen-bond donors (Lipinski definition) is 1. The molecular formula is C14H11BrClNO4S. The molecule has 0 saturated heterocycles. The zero-order valence-corrected chi connectivity index (χ0v) is 14.5. The van der Waals surface area contributed by atoms with Crippen molar-refractivity contribution in [1.82, 2.24) is 0 Å². The van der Waals surface area contributed by atoms with Crippen LogP contribution >= 0.6 is 27.5 Å². The average Bonchev–Trinajstić information content (AvgIpc) is 2.49. The van der Waals surface area contributed by atoms with E-state index in [2.05, 4.69) is 25.4 Å². The monoisotopic (exact) mass is 403 g/mol. The SMILES string of the molecule is COC(=O)c1cc(S(=O)(=O)Nc2ccccc2Cl)ccc1Br. The van der Waals surface area contributed by atoms with Crippen LogP contribution in [-0.4, -0.2) is 21.5 Å². The van der Waals surface area contributed by atoms with Crippen molar-refractivity contribution < 1.29 is 17.9 Å². The molecule has 2 rings (SSSR count). The summed E-state index contributed by atoms with van der Waals surface area (Å²) in [4.78, 5) is 11.6. The molecule has 2 aromatic rings. The van der Waals surface area contributed by atoms with Gasteiger partial charge in [0.15, 0.2) is 0 Å². The zero-order chi connectivity index (χ0) is 16.3. The van der Waals surface area contributed by atoms with Crippen molar-refractivity contribution in [3.05, 3.63) is 57.5 Å². The fourth-order valence-electron chi connectivity index (χ4n) is 1.69. The van der Waals surface area contributed by atoms with Gasteiger partial charge in [-0.05, 0) is 46.3 Å². The Hall–Kier alpha value is -1.57. The van der Waals surface area contributed by atoms with Gasteiger partial charge in [-0.1, -0.05) is 23.7 Å². The number of hydrogen-bond acceptors (Lipinski definition) is 4. The second-order valence-corrected chi connectivity index (χ2v) is 7.16. The van der Waals surface area contributed by atoms with E-state index in [-0.39, 0.29) is 21.2 Å². The molecule has 0 aliphatic heterocycles. The number of carbonyl (C=O) groups is 1. The van der Waals surface area contributed by atoms with Gasteiger partial charge in [0.05, 0.1) is 28.3 Å². The second-order valence-electron chi connectivity index (χ2n) is 4.22. The van der Waals surface area contributed by atoms with Gasteiger partial charge in [0.1, 0.15) is 0 Å². The summed E-state index contributed by atoms with van der Waals surface area (Å²) < 4.78 is 32.2. The summed E-state index contributed by atoms with van der Waals surface area (Å²) >= 11 is 9.12. The lowest BCUT2D eigenvalue weighted by Gasteiger charge is -2.11. The summed E-state index contributed by atoms with van der Waals surface area (Å²) in [5.74, 6) is -0.637. The summed E-state index contributed by atoms with van der Waals surface area (Å²) in [6.07, 6.45) is 0. The van der Waals surface area contributed by atoms with Gasteiger partial charge in [-0.15, -0.1) is 0 Å². The van der Waals surface area contributed by atoms with E-state index in [1.807, 2.05) is 0 Å². The lowest BCUT2D eigenvalue weighted by atomic mass is 10.2. The van der Waals surface area contributed by atoms with E-state index in [0.717, 1.165) is 0 Å². The van der Waals surface area contributed by atoms with E-state index >= 15 is 0 Å². The molecule has 0 radical (unpaired) electrons. The molecule has 0 atom stereocenters. The van der Waals surface area contributed by atoms with Crippen LogP contribution in [-0.2, 0) is 14.8 Å². The standard InChI is InChI=1S/C14H11BrClNO4S/c1-21-14(18)10-8-9(6-7-11(10)15)22(19,20)17-13-5-3-2-4-12(13)16/h2-8,17H,1H3. The Morgan fingerprint density at radius 2 is 1.91 bits per heavy atom. The van der Waals surface area contributed by atoms with Crippen LogP contribution in [0.2, 0.25) is 5.02 Å². The number of carbonyl (C=O) groups excluding carboxylic acids is 1. The third-order valence-corrected chi connectivity index (χ3v) is 5.16. The summed E-state index contributed by atoms with van der Waals surface area (Å²) in [5.41, 5.74) is 0.372. The average molecular weight is 405 g/mol. The van der Waals surface area contributed by atoms with Crippen LogP contribution < -0.4 is 4.72 Å². The largest absolute Gasteiger partial charge is 0.465 e. The zero-order valence-electron chi connectivity index (χ0n) is 11.3. The Morgan fingerprint density at radius 1 is 1.23 bits per heavy atom. The van der Waals surface area contributed by atoms with Crippen LogP contribution in [0.3, 0.4) is 0 Å². The maximum Gasteiger partial charge on any atom is 0.339 e. The minimum atomic E-state index is -3.88. The molecule has 0 aliphatic carbocycles. The van der Waals surface area contributed by atoms with Gasteiger partial charge in [-0.2, -0.15) is 0 Å². The molecule has 0 amide bonds.